The Labute approximate surface area is 193 Å². The van der Waals surface area contributed by atoms with Crippen LogP contribution in [0.2, 0.25) is 0 Å². The second kappa shape index (κ2) is 11.2. The third-order valence-electron chi connectivity index (χ3n) is 8.36. The van der Waals surface area contributed by atoms with Crippen LogP contribution in [0.5, 0.6) is 0 Å². The summed E-state index contributed by atoms with van der Waals surface area (Å²) in [5.41, 5.74) is 0.0927. The first-order chi connectivity index (χ1) is 15.5. The Kier molecular flexibility index (Phi) is 8.36. The number of carbonyl (C=O) groups is 2. The van der Waals surface area contributed by atoms with Crippen LogP contribution in [0.25, 0.3) is 0 Å². The lowest BCUT2D eigenvalue weighted by molar-refractivity contribution is -0.143. The standard InChI is InChI=1S/C26H44N2O4/c1-2-31-24(29)7-5-3-4-6-12-32-23-10-8-22(9-11-23)27-25(30)28-26-16-19-13-20(17-26)15-21(14-19)18-26/h19-23H,2-18H2,1H3,(H2,27,28,30). The van der Waals surface area contributed by atoms with Crippen LogP contribution in [0, 0.1) is 17.8 Å². The lowest BCUT2D eigenvalue weighted by Crippen LogP contribution is -2.62. The monoisotopic (exact) mass is 448 g/mol. The molecule has 5 fully saturated rings. The second-order valence-corrected chi connectivity index (χ2v) is 11.1. The summed E-state index contributed by atoms with van der Waals surface area (Å²) in [7, 11) is 0. The normalized spacial score (nSPS) is 35.5. The number of urea groups is 1. The minimum Gasteiger partial charge on any atom is -0.466 e. The molecule has 0 unspecified atom stereocenters. The molecule has 5 rings (SSSR count). The summed E-state index contributed by atoms with van der Waals surface area (Å²) in [5.74, 6) is 2.48. The fraction of sp³-hybridized carbons (Fsp3) is 0.923. The average molecular weight is 449 g/mol. The maximum Gasteiger partial charge on any atom is 0.315 e. The molecule has 0 heterocycles. The molecule has 0 aromatic heterocycles. The van der Waals surface area contributed by atoms with Gasteiger partial charge in [0.2, 0.25) is 0 Å². The molecule has 0 spiro atoms. The maximum absolute atomic E-state index is 12.8. The number of esters is 1. The Hall–Kier alpha value is -1.30. The van der Waals surface area contributed by atoms with Crippen molar-refractivity contribution in [2.75, 3.05) is 13.2 Å². The number of unbranched alkanes of at least 4 members (excludes halogenated alkanes) is 3. The zero-order valence-corrected chi connectivity index (χ0v) is 20.0. The average Bonchev–Trinajstić information content (AvgIpc) is 2.73. The first-order valence-electron chi connectivity index (χ1n) is 13.4. The number of amides is 2. The van der Waals surface area contributed by atoms with Gasteiger partial charge in [0.25, 0.3) is 0 Å². The summed E-state index contributed by atoms with van der Waals surface area (Å²) < 4.78 is 11.0. The van der Waals surface area contributed by atoms with E-state index in [-0.39, 0.29) is 23.6 Å². The largest absolute Gasteiger partial charge is 0.466 e. The Bertz CT molecular complexity index is 594. The van der Waals surface area contributed by atoms with Crippen molar-refractivity contribution in [1.82, 2.24) is 10.6 Å². The molecule has 0 radical (unpaired) electrons. The van der Waals surface area contributed by atoms with Crippen LogP contribution in [0.3, 0.4) is 0 Å². The molecule has 6 heteroatoms. The number of carbonyl (C=O) groups excluding carboxylic acids is 2. The van der Waals surface area contributed by atoms with Gasteiger partial charge in [0.1, 0.15) is 0 Å². The number of hydrogen-bond donors (Lipinski definition) is 2. The lowest BCUT2D eigenvalue weighted by atomic mass is 9.53. The van der Waals surface area contributed by atoms with E-state index in [0.717, 1.165) is 75.7 Å². The van der Waals surface area contributed by atoms with E-state index in [9.17, 15) is 9.59 Å². The molecule has 4 bridgehead atoms. The molecule has 0 aliphatic heterocycles. The van der Waals surface area contributed by atoms with Gasteiger partial charge in [-0.25, -0.2) is 4.79 Å². The fourth-order valence-corrected chi connectivity index (χ4v) is 7.31. The first-order valence-corrected chi connectivity index (χ1v) is 13.4. The van der Waals surface area contributed by atoms with Gasteiger partial charge in [-0.3, -0.25) is 4.79 Å². The van der Waals surface area contributed by atoms with E-state index < -0.39 is 0 Å². The summed E-state index contributed by atoms with van der Waals surface area (Å²) in [6, 6.07) is 0.353. The molecular formula is C26H44N2O4. The summed E-state index contributed by atoms with van der Waals surface area (Å²) in [6.45, 7) is 3.11. The highest BCUT2D eigenvalue weighted by atomic mass is 16.5. The van der Waals surface area contributed by atoms with Gasteiger partial charge in [0, 0.05) is 24.6 Å². The molecule has 2 amide bonds. The number of rotatable bonds is 11. The van der Waals surface area contributed by atoms with Crippen LogP contribution >= 0.6 is 0 Å². The molecule has 182 valence electrons. The summed E-state index contributed by atoms with van der Waals surface area (Å²) >= 11 is 0. The van der Waals surface area contributed by atoms with E-state index in [0.29, 0.717) is 19.1 Å². The van der Waals surface area contributed by atoms with Gasteiger partial charge in [-0.2, -0.15) is 0 Å². The van der Waals surface area contributed by atoms with Crippen molar-refractivity contribution >= 4 is 12.0 Å². The van der Waals surface area contributed by atoms with Crippen LogP contribution in [-0.2, 0) is 14.3 Å². The molecule has 0 aromatic rings. The van der Waals surface area contributed by atoms with Gasteiger partial charge >= 0.3 is 12.0 Å². The fourth-order valence-electron chi connectivity index (χ4n) is 7.31. The SMILES string of the molecule is CCOC(=O)CCCCCCOC1CCC(NC(=O)NC23CC4CC(CC(C4)C2)C3)CC1. The predicted molar refractivity (Wildman–Crippen MR) is 124 cm³/mol. The van der Waals surface area contributed by atoms with Crippen molar-refractivity contribution in [3.8, 4) is 0 Å². The highest BCUT2D eigenvalue weighted by Crippen LogP contribution is 2.55. The van der Waals surface area contributed by atoms with Crippen molar-refractivity contribution in [2.45, 2.75) is 121 Å². The molecule has 5 saturated carbocycles. The van der Waals surface area contributed by atoms with Gasteiger partial charge in [0.05, 0.1) is 12.7 Å². The third-order valence-corrected chi connectivity index (χ3v) is 8.36. The Morgan fingerprint density at radius 1 is 0.875 bits per heavy atom. The van der Waals surface area contributed by atoms with Crippen molar-refractivity contribution in [2.24, 2.45) is 17.8 Å². The molecule has 32 heavy (non-hydrogen) atoms. The van der Waals surface area contributed by atoms with Crippen molar-refractivity contribution in [3.05, 3.63) is 0 Å². The highest BCUT2D eigenvalue weighted by molar-refractivity contribution is 5.75. The van der Waals surface area contributed by atoms with E-state index in [2.05, 4.69) is 10.6 Å². The minimum atomic E-state index is -0.0827. The van der Waals surface area contributed by atoms with E-state index >= 15 is 0 Å². The van der Waals surface area contributed by atoms with Gasteiger partial charge in [-0.05, 0) is 102 Å². The molecule has 5 aliphatic rings. The van der Waals surface area contributed by atoms with Crippen LogP contribution in [0.4, 0.5) is 4.79 Å². The summed E-state index contributed by atoms with van der Waals surface area (Å²) in [4.78, 5) is 24.1. The predicted octanol–water partition coefficient (Wildman–Crippen LogP) is 5.10. The topological polar surface area (TPSA) is 76.7 Å². The Balaban J connectivity index is 1.04. The molecule has 5 aliphatic carbocycles. The van der Waals surface area contributed by atoms with E-state index in [1.807, 2.05) is 6.92 Å². The van der Waals surface area contributed by atoms with E-state index in [1.54, 1.807) is 0 Å². The number of ether oxygens (including phenoxy) is 2. The highest BCUT2D eigenvalue weighted by Gasteiger charge is 2.51. The zero-order valence-electron chi connectivity index (χ0n) is 20.0. The molecular weight excluding hydrogens is 404 g/mol. The van der Waals surface area contributed by atoms with Gasteiger partial charge in [-0.1, -0.05) is 12.8 Å². The molecule has 2 N–H and O–H groups in total. The van der Waals surface area contributed by atoms with Gasteiger partial charge in [-0.15, -0.1) is 0 Å². The molecule has 0 saturated heterocycles. The zero-order chi connectivity index (χ0) is 22.4. The minimum absolute atomic E-state index is 0.0686. The molecule has 6 nitrogen and oxygen atoms in total. The van der Waals surface area contributed by atoms with Crippen LogP contribution in [0.15, 0.2) is 0 Å². The van der Waals surface area contributed by atoms with Crippen molar-refractivity contribution in [1.29, 1.82) is 0 Å². The second-order valence-electron chi connectivity index (χ2n) is 11.1. The van der Waals surface area contributed by atoms with Crippen LogP contribution < -0.4 is 10.6 Å². The van der Waals surface area contributed by atoms with Crippen LogP contribution in [0.1, 0.15) is 103 Å². The van der Waals surface area contributed by atoms with Gasteiger partial charge in [0.15, 0.2) is 0 Å². The third kappa shape index (κ3) is 6.61. The Morgan fingerprint density at radius 2 is 1.50 bits per heavy atom. The number of nitrogens with one attached hydrogen (secondary N) is 2. The number of hydrogen-bond acceptors (Lipinski definition) is 4. The molecule has 0 atom stereocenters. The van der Waals surface area contributed by atoms with E-state index in [4.69, 9.17) is 9.47 Å². The maximum atomic E-state index is 12.8. The summed E-state index contributed by atoms with van der Waals surface area (Å²) in [6.07, 6.45) is 16.9. The van der Waals surface area contributed by atoms with Crippen molar-refractivity contribution < 1.29 is 19.1 Å². The smallest absolute Gasteiger partial charge is 0.315 e. The first kappa shape index (κ1) is 23.8. The van der Waals surface area contributed by atoms with Gasteiger partial charge < -0.3 is 20.1 Å². The Morgan fingerprint density at radius 3 is 2.12 bits per heavy atom. The van der Waals surface area contributed by atoms with Crippen LogP contribution in [-0.4, -0.2) is 42.9 Å². The quantitative estimate of drug-likeness (QED) is 0.341. The molecule has 0 aromatic carbocycles. The van der Waals surface area contributed by atoms with Crippen molar-refractivity contribution in [3.63, 3.8) is 0 Å². The lowest BCUT2D eigenvalue weighted by Gasteiger charge is -2.56. The summed E-state index contributed by atoms with van der Waals surface area (Å²) in [5, 5.41) is 6.72. The van der Waals surface area contributed by atoms with E-state index in [1.165, 1.54) is 38.5 Å².